The molecule has 1 aliphatic rings. The van der Waals surface area contributed by atoms with Crippen LogP contribution in [0.4, 0.5) is 5.95 Å². The van der Waals surface area contributed by atoms with Gasteiger partial charge in [0.2, 0.25) is 5.95 Å². The third-order valence-corrected chi connectivity index (χ3v) is 3.04. The molecule has 1 heterocycles. The van der Waals surface area contributed by atoms with Crippen LogP contribution in [-0.4, -0.2) is 29.1 Å². The molecule has 17 heavy (non-hydrogen) atoms. The quantitative estimate of drug-likeness (QED) is 0.816. The first-order valence-electron chi connectivity index (χ1n) is 6.56. The molecule has 0 amide bonds. The molecule has 1 aliphatic carbocycles. The van der Waals surface area contributed by atoms with Gasteiger partial charge >= 0.3 is 0 Å². The molecule has 2 rings (SSSR count). The smallest absolute Gasteiger partial charge is 0.226 e. The zero-order valence-corrected chi connectivity index (χ0v) is 11.0. The summed E-state index contributed by atoms with van der Waals surface area (Å²) in [6.07, 6.45) is 2.57. The van der Waals surface area contributed by atoms with Gasteiger partial charge in [-0.2, -0.15) is 0 Å². The third kappa shape index (κ3) is 3.16. The first-order chi connectivity index (χ1) is 8.24. The lowest BCUT2D eigenvalue weighted by atomic mass is 10.3. The van der Waals surface area contributed by atoms with E-state index in [1.54, 1.807) is 0 Å². The largest absolute Gasteiger partial charge is 0.338 e. The van der Waals surface area contributed by atoms with Gasteiger partial charge in [-0.05, 0) is 39.3 Å². The van der Waals surface area contributed by atoms with Crippen LogP contribution in [-0.2, 0) is 6.54 Å². The summed E-state index contributed by atoms with van der Waals surface area (Å²) in [5.74, 6) is 0.905. The molecule has 4 heteroatoms. The lowest BCUT2D eigenvalue weighted by molar-refractivity contribution is 0.698. The van der Waals surface area contributed by atoms with E-state index in [0.29, 0.717) is 6.04 Å². The Hall–Kier alpha value is -1.16. The molecule has 0 bridgehead atoms. The molecular formula is C13H22N4. The van der Waals surface area contributed by atoms with Gasteiger partial charge in [-0.25, -0.2) is 9.97 Å². The van der Waals surface area contributed by atoms with Crippen LogP contribution in [0, 0.1) is 6.92 Å². The molecule has 94 valence electrons. The molecule has 1 N–H and O–H groups in total. The van der Waals surface area contributed by atoms with Crippen LogP contribution < -0.4 is 10.2 Å². The number of aryl methyl sites for hydroxylation is 1. The van der Waals surface area contributed by atoms with Crippen LogP contribution in [0.25, 0.3) is 0 Å². The van der Waals surface area contributed by atoms with Crippen molar-refractivity contribution < 1.29 is 0 Å². The summed E-state index contributed by atoms with van der Waals surface area (Å²) < 4.78 is 0. The third-order valence-electron chi connectivity index (χ3n) is 3.04. The number of hydrogen-bond acceptors (Lipinski definition) is 4. The van der Waals surface area contributed by atoms with E-state index >= 15 is 0 Å². The average Bonchev–Trinajstić information content (AvgIpc) is 3.11. The summed E-state index contributed by atoms with van der Waals surface area (Å²) in [5, 5.41) is 3.31. The maximum absolute atomic E-state index is 4.66. The second-order valence-corrected chi connectivity index (χ2v) is 4.60. The van der Waals surface area contributed by atoms with Gasteiger partial charge in [0.05, 0.1) is 5.69 Å². The molecule has 0 spiro atoms. The molecule has 0 aromatic carbocycles. The van der Waals surface area contributed by atoms with Crippen molar-refractivity contribution in [2.75, 3.05) is 18.0 Å². The Kier molecular flexibility index (Phi) is 3.94. The van der Waals surface area contributed by atoms with Gasteiger partial charge in [0.1, 0.15) is 0 Å². The van der Waals surface area contributed by atoms with E-state index in [1.165, 1.54) is 12.8 Å². The van der Waals surface area contributed by atoms with Crippen LogP contribution in [0.5, 0.6) is 0 Å². The van der Waals surface area contributed by atoms with Crippen molar-refractivity contribution in [3.63, 3.8) is 0 Å². The second kappa shape index (κ2) is 5.45. The zero-order chi connectivity index (χ0) is 12.3. The van der Waals surface area contributed by atoms with Crippen LogP contribution in [0.3, 0.4) is 0 Å². The maximum atomic E-state index is 4.66. The van der Waals surface area contributed by atoms with E-state index in [-0.39, 0.29) is 0 Å². The Bertz CT molecular complexity index is 374. The van der Waals surface area contributed by atoms with Crippen molar-refractivity contribution in [2.24, 2.45) is 0 Å². The highest BCUT2D eigenvalue weighted by Crippen LogP contribution is 2.29. The highest BCUT2D eigenvalue weighted by Gasteiger charge is 2.29. The first kappa shape index (κ1) is 12.3. The zero-order valence-electron chi connectivity index (χ0n) is 11.0. The van der Waals surface area contributed by atoms with E-state index in [4.69, 9.17) is 0 Å². The summed E-state index contributed by atoms with van der Waals surface area (Å²) in [6.45, 7) is 9.12. The normalized spacial score (nSPS) is 15.0. The molecule has 1 aromatic heterocycles. The molecule has 0 unspecified atom stereocenters. The van der Waals surface area contributed by atoms with E-state index in [0.717, 1.165) is 37.0 Å². The number of hydrogen-bond donors (Lipinski definition) is 1. The van der Waals surface area contributed by atoms with E-state index in [2.05, 4.69) is 40.1 Å². The SMILES string of the molecule is CCNCc1cc(C)nc(N(CC)C2CC2)n1. The number of aromatic nitrogens is 2. The Balaban J connectivity index is 2.17. The fraction of sp³-hybridized carbons (Fsp3) is 0.692. The fourth-order valence-corrected chi connectivity index (χ4v) is 2.04. The molecule has 0 atom stereocenters. The predicted octanol–water partition coefficient (Wildman–Crippen LogP) is 1.88. The van der Waals surface area contributed by atoms with E-state index in [1.807, 2.05) is 6.92 Å². The summed E-state index contributed by atoms with van der Waals surface area (Å²) in [7, 11) is 0. The van der Waals surface area contributed by atoms with Crippen molar-refractivity contribution in [1.82, 2.24) is 15.3 Å². The van der Waals surface area contributed by atoms with E-state index < -0.39 is 0 Å². The van der Waals surface area contributed by atoms with E-state index in [9.17, 15) is 0 Å². The topological polar surface area (TPSA) is 41.1 Å². The van der Waals surface area contributed by atoms with Gasteiger partial charge in [-0.3, -0.25) is 0 Å². The van der Waals surface area contributed by atoms with Crippen molar-refractivity contribution >= 4 is 5.95 Å². The lowest BCUT2D eigenvalue weighted by Gasteiger charge is -2.21. The number of anilines is 1. The minimum atomic E-state index is 0.675. The highest BCUT2D eigenvalue weighted by atomic mass is 15.3. The van der Waals surface area contributed by atoms with Gasteiger partial charge in [-0.1, -0.05) is 6.92 Å². The molecule has 1 aromatic rings. The van der Waals surface area contributed by atoms with Gasteiger partial charge in [-0.15, -0.1) is 0 Å². The minimum absolute atomic E-state index is 0.675. The number of rotatable bonds is 6. The Morgan fingerprint density at radius 1 is 1.35 bits per heavy atom. The van der Waals surface area contributed by atoms with Crippen LogP contribution in [0.1, 0.15) is 38.1 Å². The van der Waals surface area contributed by atoms with Gasteiger partial charge in [0, 0.05) is 24.8 Å². The van der Waals surface area contributed by atoms with Crippen molar-refractivity contribution in [2.45, 2.75) is 46.2 Å². The molecule has 0 radical (unpaired) electrons. The average molecular weight is 234 g/mol. The first-order valence-corrected chi connectivity index (χ1v) is 6.56. The summed E-state index contributed by atoms with van der Waals surface area (Å²) in [4.78, 5) is 11.5. The second-order valence-electron chi connectivity index (χ2n) is 4.60. The van der Waals surface area contributed by atoms with Crippen molar-refractivity contribution in [1.29, 1.82) is 0 Å². The Morgan fingerprint density at radius 3 is 2.71 bits per heavy atom. The fourth-order valence-electron chi connectivity index (χ4n) is 2.04. The molecule has 4 nitrogen and oxygen atoms in total. The summed E-state index contributed by atoms with van der Waals surface area (Å²) in [5.41, 5.74) is 2.15. The van der Waals surface area contributed by atoms with Gasteiger partial charge < -0.3 is 10.2 Å². The monoisotopic (exact) mass is 234 g/mol. The Morgan fingerprint density at radius 2 is 2.12 bits per heavy atom. The van der Waals surface area contributed by atoms with Gasteiger partial charge in [0.25, 0.3) is 0 Å². The van der Waals surface area contributed by atoms with Crippen molar-refractivity contribution in [3.05, 3.63) is 17.5 Å². The van der Waals surface area contributed by atoms with Crippen LogP contribution in [0.15, 0.2) is 6.07 Å². The standard InChI is InChI=1S/C13H22N4/c1-4-14-9-11-8-10(3)15-13(16-11)17(5-2)12-6-7-12/h8,12,14H,4-7,9H2,1-3H3. The van der Waals surface area contributed by atoms with Crippen LogP contribution in [0.2, 0.25) is 0 Å². The number of nitrogens with zero attached hydrogens (tertiary/aromatic N) is 3. The summed E-state index contributed by atoms with van der Waals surface area (Å²) in [6, 6.07) is 2.74. The lowest BCUT2D eigenvalue weighted by Crippen LogP contribution is -2.28. The molecule has 0 saturated heterocycles. The Labute approximate surface area is 103 Å². The van der Waals surface area contributed by atoms with Gasteiger partial charge in [0.15, 0.2) is 0 Å². The molecule has 0 aliphatic heterocycles. The molecule has 1 saturated carbocycles. The van der Waals surface area contributed by atoms with Crippen molar-refractivity contribution in [3.8, 4) is 0 Å². The van der Waals surface area contributed by atoms with Crippen LogP contribution >= 0.6 is 0 Å². The summed E-state index contributed by atoms with van der Waals surface area (Å²) >= 11 is 0. The molecule has 1 fully saturated rings. The highest BCUT2D eigenvalue weighted by molar-refractivity contribution is 5.35. The minimum Gasteiger partial charge on any atom is -0.338 e. The molecular weight excluding hydrogens is 212 g/mol. The maximum Gasteiger partial charge on any atom is 0.226 e. The number of nitrogens with one attached hydrogen (secondary N) is 1. The predicted molar refractivity (Wildman–Crippen MR) is 70.2 cm³/mol.